The maximum absolute atomic E-state index is 12.4. The Morgan fingerprint density at radius 1 is 0.917 bits per heavy atom. The molecule has 3 rings (SSSR count). The summed E-state index contributed by atoms with van der Waals surface area (Å²) < 4.78 is 0. The molecule has 130 valence electrons. The van der Waals surface area contributed by atoms with Crippen LogP contribution in [0.5, 0.6) is 0 Å². The summed E-state index contributed by atoms with van der Waals surface area (Å²) in [6, 6.07) is 15.0. The second-order valence-corrected chi connectivity index (χ2v) is 5.64. The van der Waals surface area contributed by atoms with E-state index in [0.717, 1.165) is 24.5 Å². The molecule has 1 saturated heterocycles. The van der Waals surface area contributed by atoms with Gasteiger partial charge in [-0.15, -0.1) is 24.8 Å². The molecule has 0 radical (unpaired) electrons. The van der Waals surface area contributed by atoms with Crippen LogP contribution in [0.1, 0.15) is 29.6 Å². The molecular weight excluding hydrogens is 345 g/mol. The topological polar surface area (TPSA) is 58.4 Å². The van der Waals surface area contributed by atoms with E-state index in [1.54, 1.807) is 24.3 Å². The van der Waals surface area contributed by atoms with Crippen molar-refractivity contribution in [3.05, 3.63) is 54.1 Å². The number of nitrogens with one attached hydrogen (secondary N) is 1. The first-order valence-electron chi connectivity index (χ1n) is 7.75. The lowest BCUT2D eigenvalue weighted by molar-refractivity contribution is 0.102. The Hall–Kier alpha value is -1.91. The molecule has 24 heavy (non-hydrogen) atoms. The third-order valence-corrected chi connectivity index (χ3v) is 4.02. The zero-order valence-corrected chi connectivity index (χ0v) is 15.0. The zero-order valence-electron chi connectivity index (χ0n) is 13.4. The summed E-state index contributed by atoms with van der Waals surface area (Å²) in [5.74, 6) is -0.107. The van der Waals surface area contributed by atoms with Crippen molar-refractivity contribution in [3.63, 3.8) is 0 Å². The zero-order chi connectivity index (χ0) is 15.4. The highest BCUT2D eigenvalue weighted by atomic mass is 35.5. The van der Waals surface area contributed by atoms with Crippen LogP contribution in [0.25, 0.3) is 0 Å². The molecule has 4 nitrogen and oxygen atoms in total. The molecular formula is C18H23Cl2N3O. The van der Waals surface area contributed by atoms with Crippen LogP contribution in [-0.2, 0) is 0 Å². The van der Waals surface area contributed by atoms with Gasteiger partial charge >= 0.3 is 0 Å². The highest BCUT2D eigenvalue weighted by molar-refractivity contribution is 6.06. The van der Waals surface area contributed by atoms with Gasteiger partial charge in [0.15, 0.2) is 0 Å². The van der Waals surface area contributed by atoms with Crippen molar-refractivity contribution in [1.82, 2.24) is 0 Å². The van der Waals surface area contributed by atoms with Crippen molar-refractivity contribution >= 4 is 47.8 Å². The van der Waals surface area contributed by atoms with Crippen molar-refractivity contribution in [2.45, 2.75) is 19.3 Å². The average molecular weight is 368 g/mol. The third kappa shape index (κ3) is 4.79. The van der Waals surface area contributed by atoms with Gasteiger partial charge in [0, 0.05) is 24.3 Å². The van der Waals surface area contributed by atoms with Gasteiger partial charge in [0.25, 0.3) is 5.91 Å². The van der Waals surface area contributed by atoms with Gasteiger partial charge in [0.1, 0.15) is 0 Å². The summed E-state index contributed by atoms with van der Waals surface area (Å²) in [4.78, 5) is 14.7. The van der Waals surface area contributed by atoms with E-state index in [1.807, 2.05) is 18.2 Å². The van der Waals surface area contributed by atoms with E-state index in [2.05, 4.69) is 16.3 Å². The van der Waals surface area contributed by atoms with Gasteiger partial charge in [-0.1, -0.05) is 12.1 Å². The third-order valence-electron chi connectivity index (χ3n) is 4.02. The first-order chi connectivity index (χ1) is 10.7. The van der Waals surface area contributed by atoms with Crippen LogP contribution < -0.4 is 16.0 Å². The number of para-hydroxylation sites is 2. The van der Waals surface area contributed by atoms with Crippen molar-refractivity contribution in [3.8, 4) is 0 Å². The SMILES string of the molecule is Cl.Cl.Nc1ccc(C(=O)Nc2ccccc2N2CCCCC2)cc1. The van der Waals surface area contributed by atoms with Gasteiger partial charge in [0.2, 0.25) is 0 Å². The minimum atomic E-state index is -0.107. The molecule has 1 aliphatic heterocycles. The van der Waals surface area contributed by atoms with Gasteiger partial charge in [-0.3, -0.25) is 4.79 Å². The molecule has 1 heterocycles. The molecule has 0 saturated carbocycles. The Bertz CT molecular complexity index is 656. The number of amides is 1. The standard InChI is InChI=1S/C18H21N3O.2ClH/c19-15-10-8-14(9-11-15)18(22)20-16-6-2-3-7-17(16)21-12-4-1-5-13-21;;/h2-3,6-11H,1,4-5,12-13,19H2,(H,20,22);2*1H. The molecule has 2 aromatic rings. The molecule has 0 spiro atoms. The largest absolute Gasteiger partial charge is 0.399 e. The lowest BCUT2D eigenvalue weighted by atomic mass is 10.1. The first-order valence-corrected chi connectivity index (χ1v) is 7.75. The summed E-state index contributed by atoms with van der Waals surface area (Å²) in [5.41, 5.74) is 8.90. The Morgan fingerprint density at radius 3 is 2.21 bits per heavy atom. The Kier molecular flexibility index (Phi) is 7.89. The average Bonchev–Trinajstić information content (AvgIpc) is 2.57. The molecule has 0 bridgehead atoms. The number of carbonyl (C=O) groups excluding carboxylic acids is 1. The van der Waals surface area contributed by atoms with E-state index in [9.17, 15) is 4.79 Å². The maximum Gasteiger partial charge on any atom is 0.255 e. The van der Waals surface area contributed by atoms with Crippen LogP contribution in [0, 0.1) is 0 Å². The van der Waals surface area contributed by atoms with E-state index >= 15 is 0 Å². The Morgan fingerprint density at radius 2 is 1.54 bits per heavy atom. The Labute approximate surface area is 155 Å². The van der Waals surface area contributed by atoms with E-state index in [1.165, 1.54) is 19.3 Å². The summed E-state index contributed by atoms with van der Waals surface area (Å²) in [7, 11) is 0. The van der Waals surface area contributed by atoms with Crippen LogP contribution in [0.3, 0.4) is 0 Å². The van der Waals surface area contributed by atoms with Crippen LogP contribution in [0.15, 0.2) is 48.5 Å². The molecule has 1 fully saturated rings. The van der Waals surface area contributed by atoms with E-state index in [4.69, 9.17) is 5.73 Å². The number of halogens is 2. The fraction of sp³-hybridized carbons (Fsp3) is 0.278. The van der Waals surface area contributed by atoms with Crippen molar-refractivity contribution in [1.29, 1.82) is 0 Å². The molecule has 1 amide bonds. The number of piperidine rings is 1. The van der Waals surface area contributed by atoms with Gasteiger partial charge in [-0.2, -0.15) is 0 Å². The number of hydrogen-bond acceptors (Lipinski definition) is 3. The minimum absolute atomic E-state index is 0. The maximum atomic E-state index is 12.4. The quantitative estimate of drug-likeness (QED) is 0.792. The lowest BCUT2D eigenvalue weighted by Crippen LogP contribution is -2.30. The fourth-order valence-electron chi connectivity index (χ4n) is 2.82. The number of rotatable bonds is 3. The van der Waals surface area contributed by atoms with Crippen LogP contribution in [-0.4, -0.2) is 19.0 Å². The van der Waals surface area contributed by atoms with Crippen molar-refractivity contribution in [2.24, 2.45) is 0 Å². The molecule has 0 unspecified atom stereocenters. The van der Waals surface area contributed by atoms with E-state index < -0.39 is 0 Å². The smallest absolute Gasteiger partial charge is 0.255 e. The van der Waals surface area contributed by atoms with Crippen LogP contribution in [0.2, 0.25) is 0 Å². The van der Waals surface area contributed by atoms with Gasteiger partial charge < -0.3 is 16.0 Å². The predicted octanol–water partition coefficient (Wildman–Crippen LogP) is 4.36. The number of hydrogen-bond donors (Lipinski definition) is 2. The Balaban J connectivity index is 0.00000144. The highest BCUT2D eigenvalue weighted by Gasteiger charge is 2.15. The number of carbonyl (C=O) groups is 1. The lowest BCUT2D eigenvalue weighted by Gasteiger charge is -2.30. The summed E-state index contributed by atoms with van der Waals surface area (Å²) in [5, 5.41) is 3.02. The van der Waals surface area contributed by atoms with Gasteiger partial charge in [-0.05, 0) is 55.7 Å². The molecule has 6 heteroatoms. The predicted molar refractivity (Wildman–Crippen MR) is 106 cm³/mol. The second-order valence-electron chi connectivity index (χ2n) is 5.64. The number of nitrogens with zero attached hydrogens (tertiary/aromatic N) is 1. The highest BCUT2D eigenvalue weighted by Crippen LogP contribution is 2.28. The molecule has 0 aromatic heterocycles. The van der Waals surface area contributed by atoms with Crippen LogP contribution >= 0.6 is 24.8 Å². The minimum Gasteiger partial charge on any atom is -0.399 e. The van der Waals surface area contributed by atoms with Gasteiger partial charge in [-0.25, -0.2) is 0 Å². The summed E-state index contributed by atoms with van der Waals surface area (Å²) in [6.07, 6.45) is 3.71. The second kappa shape index (κ2) is 9.40. The normalized spacial score (nSPS) is 13.4. The molecule has 0 atom stereocenters. The number of benzene rings is 2. The number of nitrogen functional groups attached to an aromatic ring is 1. The van der Waals surface area contributed by atoms with Crippen molar-refractivity contribution in [2.75, 3.05) is 29.0 Å². The molecule has 0 aliphatic carbocycles. The molecule has 1 aliphatic rings. The van der Waals surface area contributed by atoms with Gasteiger partial charge in [0.05, 0.1) is 11.4 Å². The molecule has 3 N–H and O–H groups in total. The molecule has 2 aromatic carbocycles. The van der Waals surface area contributed by atoms with E-state index in [-0.39, 0.29) is 30.7 Å². The number of nitrogens with two attached hydrogens (primary N) is 1. The van der Waals surface area contributed by atoms with E-state index in [0.29, 0.717) is 11.3 Å². The summed E-state index contributed by atoms with van der Waals surface area (Å²) >= 11 is 0. The van der Waals surface area contributed by atoms with Crippen LogP contribution in [0.4, 0.5) is 17.1 Å². The fourth-order valence-corrected chi connectivity index (χ4v) is 2.82. The van der Waals surface area contributed by atoms with Crippen molar-refractivity contribution < 1.29 is 4.79 Å². The number of anilines is 3. The summed E-state index contributed by atoms with van der Waals surface area (Å²) in [6.45, 7) is 2.10. The monoisotopic (exact) mass is 367 g/mol. The first kappa shape index (κ1) is 20.1.